The van der Waals surface area contributed by atoms with Gasteiger partial charge in [-0.1, -0.05) is 37.3 Å². The summed E-state index contributed by atoms with van der Waals surface area (Å²) in [6.45, 7) is 5.15. The molecule has 1 aromatic rings. The normalized spacial score (nSPS) is 17.3. The van der Waals surface area contributed by atoms with Gasteiger partial charge in [0.1, 0.15) is 0 Å². The molecule has 5 heteroatoms. The number of carbonyl (C=O) groups is 1. The maximum absolute atomic E-state index is 12.0. The largest absolute Gasteiger partial charge is 0.393 e. The van der Waals surface area contributed by atoms with E-state index in [9.17, 15) is 9.90 Å². The number of ether oxygens (including phenoxy) is 1. The van der Waals surface area contributed by atoms with Crippen LogP contribution in [0.4, 0.5) is 4.79 Å². The Hall–Kier alpha value is -1.59. The van der Waals surface area contributed by atoms with Crippen LogP contribution in [0, 0.1) is 5.92 Å². The first-order valence-corrected chi connectivity index (χ1v) is 7.97. The SMILES string of the molecule is CC(CNC(=O)N1CCC(O)CC1)COCc1ccccc1. The number of carbonyl (C=O) groups excluding carboxylic acids is 1. The number of urea groups is 1. The summed E-state index contributed by atoms with van der Waals surface area (Å²) in [5.41, 5.74) is 1.16. The molecule has 0 aromatic heterocycles. The molecule has 1 aromatic carbocycles. The summed E-state index contributed by atoms with van der Waals surface area (Å²) in [6.07, 6.45) is 1.08. The Labute approximate surface area is 132 Å². The molecule has 5 nitrogen and oxygen atoms in total. The molecule has 0 saturated carbocycles. The van der Waals surface area contributed by atoms with Gasteiger partial charge >= 0.3 is 6.03 Å². The Morgan fingerprint density at radius 2 is 2.05 bits per heavy atom. The van der Waals surface area contributed by atoms with Crippen LogP contribution in [-0.4, -0.2) is 48.4 Å². The zero-order valence-electron chi connectivity index (χ0n) is 13.2. The van der Waals surface area contributed by atoms with E-state index in [0.29, 0.717) is 45.7 Å². The molecule has 2 N–H and O–H groups in total. The van der Waals surface area contributed by atoms with Gasteiger partial charge in [-0.05, 0) is 24.3 Å². The number of nitrogens with zero attached hydrogens (tertiary/aromatic N) is 1. The van der Waals surface area contributed by atoms with E-state index in [1.54, 1.807) is 4.90 Å². The highest BCUT2D eigenvalue weighted by molar-refractivity contribution is 5.74. The Kier molecular flexibility index (Phi) is 6.68. The van der Waals surface area contributed by atoms with Gasteiger partial charge in [-0.2, -0.15) is 0 Å². The van der Waals surface area contributed by atoms with Gasteiger partial charge in [-0.3, -0.25) is 0 Å². The maximum Gasteiger partial charge on any atom is 0.317 e. The van der Waals surface area contributed by atoms with Crippen molar-refractivity contribution in [2.75, 3.05) is 26.2 Å². The Morgan fingerprint density at radius 1 is 1.36 bits per heavy atom. The van der Waals surface area contributed by atoms with Crippen LogP contribution in [0.25, 0.3) is 0 Å². The van der Waals surface area contributed by atoms with Gasteiger partial charge in [-0.25, -0.2) is 4.79 Å². The van der Waals surface area contributed by atoms with Crippen LogP contribution >= 0.6 is 0 Å². The average molecular weight is 306 g/mol. The lowest BCUT2D eigenvalue weighted by Gasteiger charge is -2.30. The number of piperidine rings is 1. The third-order valence-corrected chi connectivity index (χ3v) is 3.87. The molecule has 0 radical (unpaired) electrons. The first-order chi connectivity index (χ1) is 10.6. The number of benzene rings is 1. The second-order valence-corrected chi connectivity index (χ2v) is 6.01. The van der Waals surface area contributed by atoms with Crippen LogP contribution in [0.2, 0.25) is 0 Å². The molecule has 0 bridgehead atoms. The van der Waals surface area contributed by atoms with Crippen LogP contribution in [0.3, 0.4) is 0 Å². The van der Waals surface area contributed by atoms with Crippen LogP contribution < -0.4 is 5.32 Å². The molecule has 122 valence electrons. The summed E-state index contributed by atoms with van der Waals surface area (Å²) in [7, 11) is 0. The van der Waals surface area contributed by atoms with Gasteiger partial charge in [0.25, 0.3) is 0 Å². The summed E-state index contributed by atoms with van der Waals surface area (Å²) in [6, 6.07) is 10.0. The van der Waals surface area contributed by atoms with E-state index >= 15 is 0 Å². The van der Waals surface area contributed by atoms with Crippen molar-refractivity contribution in [2.24, 2.45) is 5.92 Å². The van der Waals surface area contributed by atoms with E-state index in [2.05, 4.69) is 12.2 Å². The standard InChI is InChI=1S/C17H26N2O3/c1-14(12-22-13-15-5-3-2-4-6-15)11-18-17(21)19-9-7-16(20)8-10-19/h2-6,14,16,20H,7-13H2,1H3,(H,18,21). The lowest BCUT2D eigenvalue weighted by molar-refractivity contribution is 0.0859. The number of aliphatic hydroxyl groups is 1. The summed E-state index contributed by atoms with van der Waals surface area (Å²) in [5.74, 6) is 0.267. The molecule has 2 amide bonds. The van der Waals surface area contributed by atoms with Crippen molar-refractivity contribution in [1.82, 2.24) is 10.2 Å². The second-order valence-electron chi connectivity index (χ2n) is 6.01. The van der Waals surface area contributed by atoms with E-state index in [1.165, 1.54) is 0 Å². The molecule has 1 heterocycles. The van der Waals surface area contributed by atoms with E-state index in [1.807, 2.05) is 30.3 Å². The van der Waals surface area contributed by atoms with Crippen LogP contribution in [0.1, 0.15) is 25.3 Å². The third kappa shape index (κ3) is 5.66. The minimum atomic E-state index is -0.255. The summed E-state index contributed by atoms with van der Waals surface area (Å²) < 4.78 is 5.68. The highest BCUT2D eigenvalue weighted by Gasteiger charge is 2.21. The first-order valence-electron chi connectivity index (χ1n) is 7.97. The van der Waals surface area contributed by atoms with Gasteiger partial charge in [0.2, 0.25) is 0 Å². The van der Waals surface area contributed by atoms with Gasteiger partial charge in [-0.15, -0.1) is 0 Å². The highest BCUT2D eigenvalue weighted by atomic mass is 16.5. The van der Waals surface area contributed by atoms with Gasteiger partial charge in [0.05, 0.1) is 19.3 Å². The molecule has 0 spiro atoms. The number of hydrogen-bond donors (Lipinski definition) is 2. The minimum absolute atomic E-state index is 0.0400. The van der Waals surface area contributed by atoms with Crippen molar-refractivity contribution < 1.29 is 14.6 Å². The average Bonchev–Trinajstić information content (AvgIpc) is 2.54. The van der Waals surface area contributed by atoms with Crippen molar-refractivity contribution in [3.63, 3.8) is 0 Å². The molecule has 22 heavy (non-hydrogen) atoms. The fourth-order valence-electron chi connectivity index (χ4n) is 2.45. The molecule has 1 aliphatic heterocycles. The number of rotatable bonds is 6. The number of likely N-dealkylation sites (tertiary alicyclic amines) is 1. The van der Waals surface area contributed by atoms with Crippen molar-refractivity contribution >= 4 is 6.03 Å². The molecule has 1 atom stereocenters. The monoisotopic (exact) mass is 306 g/mol. The maximum atomic E-state index is 12.0. The molecule has 1 unspecified atom stereocenters. The predicted octanol–water partition coefficient (Wildman–Crippen LogP) is 2.01. The summed E-state index contributed by atoms with van der Waals surface area (Å²) >= 11 is 0. The van der Waals surface area contributed by atoms with Crippen LogP contribution in [0.5, 0.6) is 0 Å². The number of nitrogens with one attached hydrogen (secondary N) is 1. The molecule has 0 aliphatic carbocycles. The van der Waals surface area contributed by atoms with E-state index in [4.69, 9.17) is 4.74 Å². The minimum Gasteiger partial charge on any atom is -0.393 e. The Bertz CT molecular complexity index is 444. The van der Waals surface area contributed by atoms with E-state index < -0.39 is 0 Å². The fourth-order valence-corrected chi connectivity index (χ4v) is 2.45. The molecular weight excluding hydrogens is 280 g/mol. The third-order valence-electron chi connectivity index (χ3n) is 3.87. The number of hydrogen-bond acceptors (Lipinski definition) is 3. The van der Waals surface area contributed by atoms with Crippen molar-refractivity contribution in [1.29, 1.82) is 0 Å². The van der Waals surface area contributed by atoms with Crippen molar-refractivity contribution in [2.45, 2.75) is 32.5 Å². The van der Waals surface area contributed by atoms with E-state index in [-0.39, 0.29) is 18.1 Å². The lowest BCUT2D eigenvalue weighted by Crippen LogP contribution is -2.46. The molecular formula is C17H26N2O3. The first kappa shape index (κ1) is 16.8. The van der Waals surface area contributed by atoms with Gasteiger partial charge < -0.3 is 20.1 Å². The fraction of sp³-hybridized carbons (Fsp3) is 0.588. The van der Waals surface area contributed by atoms with E-state index in [0.717, 1.165) is 5.56 Å². The van der Waals surface area contributed by atoms with Crippen molar-refractivity contribution in [3.05, 3.63) is 35.9 Å². The molecule has 1 saturated heterocycles. The summed E-state index contributed by atoms with van der Waals surface area (Å²) in [4.78, 5) is 13.8. The number of amides is 2. The Morgan fingerprint density at radius 3 is 2.73 bits per heavy atom. The highest BCUT2D eigenvalue weighted by Crippen LogP contribution is 2.10. The second kappa shape index (κ2) is 8.76. The Balaban J connectivity index is 1.59. The molecule has 1 fully saturated rings. The van der Waals surface area contributed by atoms with Crippen molar-refractivity contribution in [3.8, 4) is 0 Å². The van der Waals surface area contributed by atoms with Gasteiger partial charge in [0, 0.05) is 19.6 Å². The smallest absolute Gasteiger partial charge is 0.317 e. The zero-order chi connectivity index (χ0) is 15.8. The molecule has 2 rings (SSSR count). The topological polar surface area (TPSA) is 61.8 Å². The molecule has 1 aliphatic rings. The summed E-state index contributed by atoms with van der Waals surface area (Å²) in [5, 5.41) is 12.4. The van der Waals surface area contributed by atoms with Crippen LogP contribution in [-0.2, 0) is 11.3 Å². The number of aliphatic hydroxyl groups excluding tert-OH is 1. The zero-order valence-corrected chi connectivity index (χ0v) is 13.2. The predicted molar refractivity (Wildman–Crippen MR) is 85.5 cm³/mol. The van der Waals surface area contributed by atoms with Crippen LogP contribution in [0.15, 0.2) is 30.3 Å². The lowest BCUT2D eigenvalue weighted by atomic mass is 10.1. The van der Waals surface area contributed by atoms with Gasteiger partial charge in [0.15, 0.2) is 0 Å². The quantitative estimate of drug-likeness (QED) is 0.845.